The van der Waals surface area contributed by atoms with Crippen LogP contribution in [0.4, 0.5) is 0 Å². The van der Waals surface area contributed by atoms with Crippen molar-refractivity contribution in [2.45, 2.75) is 45.2 Å². The Kier molecular flexibility index (Phi) is 4.18. The van der Waals surface area contributed by atoms with Crippen molar-refractivity contribution in [3.63, 3.8) is 0 Å². The fourth-order valence-electron chi connectivity index (χ4n) is 2.40. The van der Waals surface area contributed by atoms with Crippen LogP contribution in [0.2, 0.25) is 0 Å². The number of benzene rings is 1. The van der Waals surface area contributed by atoms with E-state index in [9.17, 15) is 9.59 Å². The molecule has 0 aliphatic rings. The van der Waals surface area contributed by atoms with Gasteiger partial charge in [-0.3, -0.25) is 4.79 Å². The van der Waals surface area contributed by atoms with E-state index < -0.39 is 5.54 Å². The van der Waals surface area contributed by atoms with Gasteiger partial charge in [0.25, 0.3) is 0 Å². The zero-order chi connectivity index (χ0) is 15.6. The molecule has 0 fully saturated rings. The van der Waals surface area contributed by atoms with Crippen LogP contribution in [0.15, 0.2) is 23.0 Å². The van der Waals surface area contributed by atoms with Gasteiger partial charge in [0.2, 0.25) is 5.91 Å². The first-order chi connectivity index (χ1) is 9.83. The second-order valence-corrected chi connectivity index (χ2v) is 5.75. The molecule has 0 aliphatic carbocycles. The molecule has 114 valence electrons. The van der Waals surface area contributed by atoms with E-state index in [1.165, 1.54) is 0 Å². The lowest BCUT2D eigenvalue weighted by atomic mass is 9.95. The number of rotatable bonds is 5. The molecule has 6 nitrogen and oxygen atoms in total. The molecule has 0 radical (unpaired) electrons. The summed E-state index contributed by atoms with van der Waals surface area (Å²) in [6, 6.07) is 5.37. The number of nitrogens with two attached hydrogens (primary N) is 1. The molecule has 2 atom stereocenters. The van der Waals surface area contributed by atoms with E-state index in [0.717, 1.165) is 23.0 Å². The van der Waals surface area contributed by atoms with Gasteiger partial charge in [0.05, 0.1) is 22.6 Å². The number of carbonyl (C=O) groups excluding carboxylic acids is 1. The van der Waals surface area contributed by atoms with Crippen LogP contribution >= 0.6 is 0 Å². The first-order valence-corrected chi connectivity index (χ1v) is 7.15. The molecule has 2 aromatic rings. The summed E-state index contributed by atoms with van der Waals surface area (Å²) >= 11 is 0. The lowest BCUT2D eigenvalue weighted by Crippen LogP contribution is -2.52. The maximum Gasteiger partial charge on any atom is 0.323 e. The third-order valence-electron chi connectivity index (χ3n) is 3.68. The monoisotopic (exact) mass is 290 g/mol. The highest BCUT2D eigenvalue weighted by Crippen LogP contribution is 2.18. The summed E-state index contributed by atoms with van der Waals surface area (Å²) in [7, 11) is 0. The average molecular weight is 290 g/mol. The number of H-pyrrole nitrogens is 2. The summed E-state index contributed by atoms with van der Waals surface area (Å²) in [6.07, 6.45) is 1.49. The summed E-state index contributed by atoms with van der Waals surface area (Å²) in [6.45, 7) is 5.63. The molecular formula is C15H22N4O2. The van der Waals surface area contributed by atoms with Crippen LogP contribution in [-0.4, -0.2) is 21.4 Å². The van der Waals surface area contributed by atoms with Gasteiger partial charge < -0.3 is 21.0 Å². The van der Waals surface area contributed by atoms with Crippen LogP contribution in [0.25, 0.3) is 11.0 Å². The first kappa shape index (κ1) is 15.3. The molecule has 5 N–H and O–H groups in total. The zero-order valence-corrected chi connectivity index (χ0v) is 12.6. The summed E-state index contributed by atoms with van der Waals surface area (Å²) in [5, 5.41) is 2.93. The van der Waals surface area contributed by atoms with Crippen LogP contribution in [0, 0.1) is 0 Å². The molecule has 0 bridgehead atoms. The fourth-order valence-corrected chi connectivity index (χ4v) is 2.40. The molecule has 2 unspecified atom stereocenters. The number of carbonyl (C=O) groups is 1. The molecular weight excluding hydrogens is 268 g/mol. The van der Waals surface area contributed by atoms with Crippen LogP contribution in [0.5, 0.6) is 0 Å². The van der Waals surface area contributed by atoms with Gasteiger partial charge in [-0.25, -0.2) is 4.79 Å². The number of aromatic nitrogens is 2. The van der Waals surface area contributed by atoms with Crippen molar-refractivity contribution in [3.05, 3.63) is 34.2 Å². The molecule has 0 spiro atoms. The van der Waals surface area contributed by atoms with E-state index in [0.29, 0.717) is 6.42 Å². The normalized spacial score (nSPS) is 15.6. The Morgan fingerprint density at radius 3 is 2.71 bits per heavy atom. The third-order valence-corrected chi connectivity index (χ3v) is 3.68. The smallest absolute Gasteiger partial charge is 0.323 e. The highest BCUT2D eigenvalue weighted by atomic mass is 16.2. The Hall–Kier alpha value is -2.08. The molecule has 6 heteroatoms. The number of imidazole rings is 1. The average Bonchev–Trinajstić information content (AvgIpc) is 2.77. The minimum atomic E-state index is -0.866. The number of hydrogen-bond acceptors (Lipinski definition) is 3. The number of hydrogen-bond donors (Lipinski definition) is 4. The predicted octanol–water partition coefficient (Wildman–Crippen LogP) is 1.55. The van der Waals surface area contributed by atoms with Crippen LogP contribution in [0.1, 0.15) is 45.2 Å². The Morgan fingerprint density at radius 2 is 2.05 bits per heavy atom. The Labute approximate surface area is 123 Å². The number of nitrogens with one attached hydrogen (secondary N) is 3. The van der Waals surface area contributed by atoms with Crippen LogP contribution < -0.4 is 16.7 Å². The van der Waals surface area contributed by atoms with E-state index in [-0.39, 0.29) is 17.6 Å². The number of fused-ring (bicyclic) bond motifs is 1. The van der Waals surface area contributed by atoms with Crippen molar-refractivity contribution >= 4 is 16.9 Å². The number of amides is 1. The lowest BCUT2D eigenvalue weighted by Gasteiger charge is -2.25. The molecule has 0 saturated heterocycles. The molecule has 2 rings (SSSR count). The summed E-state index contributed by atoms with van der Waals surface area (Å²) in [4.78, 5) is 28.9. The Bertz CT molecular complexity index is 699. The van der Waals surface area contributed by atoms with E-state index in [4.69, 9.17) is 5.73 Å². The van der Waals surface area contributed by atoms with Crippen molar-refractivity contribution in [2.75, 3.05) is 0 Å². The van der Waals surface area contributed by atoms with Crippen molar-refractivity contribution < 1.29 is 4.79 Å². The van der Waals surface area contributed by atoms with Crippen molar-refractivity contribution in [1.29, 1.82) is 0 Å². The topological polar surface area (TPSA) is 104 Å². The zero-order valence-electron chi connectivity index (χ0n) is 12.6. The quantitative estimate of drug-likeness (QED) is 0.671. The first-order valence-electron chi connectivity index (χ1n) is 7.15. The molecule has 1 aromatic heterocycles. The summed E-state index contributed by atoms with van der Waals surface area (Å²) in [5.41, 5.74) is 7.31. The molecule has 1 heterocycles. The van der Waals surface area contributed by atoms with Gasteiger partial charge in [-0.15, -0.1) is 0 Å². The molecule has 0 saturated carbocycles. The Balaban J connectivity index is 2.16. The van der Waals surface area contributed by atoms with E-state index in [2.05, 4.69) is 15.3 Å². The van der Waals surface area contributed by atoms with Gasteiger partial charge in [0, 0.05) is 0 Å². The Morgan fingerprint density at radius 1 is 1.38 bits per heavy atom. The van der Waals surface area contributed by atoms with E-state index in [1.807, 2.05) is 32.0 Å². The number of aromatic amines is 2. The summed E-state index contributed by atoms with van der Waals surface area (Å²) in [5.74, 6) is -0.167. The van der Waals surface area contributed by atoms with Crippen LogP contribution in [0.3, 0.4) is 0 Å². The third kappa shape index (κ3) is 3.33. The van der Waals surface area contributed by atoms with Crippen molar-refractivity contribution in [2.24, 2.45) is 5.73 Å². The summed E-state index contributed by atoms with van der Waals surface area (Å²) < 4.78 is 0. The predicted molar refractivity (Wildman–Crippen MR) is 83.0 cm³/mol. The standard InChI is InChI=1S/C15H22N4O2/c1-4-7-15(3,16)13(20)17-9(2)10-5-6-11-12(8-10)19-14(21)18-11/h5-6,8-9H,4,7,16H2,1-3H3,(H,17,20)(H2,18,19,21). The molecule has 0 aliphatic heterocycles. The second kappa shape index (κ2) is 5.73. The molecule has 21 heavy (non-hydrogen) atoms. The van der Waals surface area contributed by atoms with Gasteiger partial charge in [-0.1, -0.05) is 19.4 Å². The van der Waals surface area contributed by atoms with Gasteiger partial charge in [-0.05, 0) is 38.0 Å². The van der Waals surface area contributed by atoms with Gasteiger partial charge in [-0.2, -0.15) is 0 Å². The van der Waals surface area contributed by atoms with E-state index in [1.54, 1.807) is 6.92 Å². The fraction of sp³-hybridized carbons (Fsp3) is 0.467. The molecule has 1 aromatic carbocycles. The SMILES string of the molecule is CCCC(C)(N)C(=O)NC(C)c1ccc2[nH]c(=O)[nH]c2c1. The lowest BCUT2D eigenvalue weighted by molar-refractivity contribution is -0.126. The highest BCUT2D eigenvalue weighted by Gasteiger charge is 2.28. The van der Waals surface area contributed by atoms with Gasteiger partial charge in [0.15, 0.2) is 0 Å². The maximum absolute atomic E-state index is 12.2. The highest BCUT2D eigenvalue weighted by molar-refractivity contribution is 5.86. The maximum atomic E-state index is 12.2. The minimum Gasteiger partial charge on any atom is -0.348 e. The van der Waals surface area contributed by atoms with Crippen molar-refractivity contribution in [3.8, 4) is 0 Å². The minimum absolute atomic E-state index is 0.167. The van der Waals surface area contributed by atoms with Gasteiger partial charge >= 0.3 is 5.69 Å². The van der Waals surface area contributed by atoms with Crippen molar-refractivity contribution in [1.82, 2.24) is 15.3 Å². The van der Waals surface area contributed by atoms with E-state index >= 15 is 0 Å². The van der Waals surface area contributed by atoms with Gasteiger partial charge in [0.1, 0.15) is 0 Å². The second-order valence-electron chi connectivity index (χ2n) is 5.75. The molecule has 1 amide bonds. The largest absolute Gasteiger partial charge is 0.348 e. The van der Waals surface area contributed by atoms with Crippen LogP contribution in [-0.2, 0) is 4.79 Å².